The van der Waals surface area contributed by atoms with Crippen LogP contribution in [0.3, 0.4) is 0 Å². The number of carboxylic acids is 1. The number of aliphatic carboxylic acids is 1. The SMILES string of the molecule is CCCC1SCC(C(=O)O)N1C(=O)c1cc(Br)ccc1O. The van der Waals surface area contributed by atoms with Gasteiger partial charge in [-0.15, -0.1) is 11.8 Å². The Balaban J connectivity index is 2.36. The fourth-order valence-electron chi connectivity index (χ4n) is 2.31. The van der Waals surface area contributed by atoms with E-state index >= 15 is 0 Å². The van der Waals surface area contributed by atoms with Crippen molar-refractivity contribution in [3.8, 4) is 5.75 Å². The van der Waals surface area contributed by atoms with Gasteiger partial charge >= 0.3 is 5.97 Å². The number of phenols is 1. The minimum Gasteiger partial charge on any atom is -0.507 e. The molecule has 5 nitrogen and oxygen atoms in total. The first kappa shape index (κ1) is 16.2. The van der Waals surface area contributed by atoms with Crippen LogP contribution in [0, 0.1) is 0 Å². The summed E-state index contributed by atoms with van der Waals surface area (Å²) in [7, 11) is 0. The zero-order chi connectivity index (χ0) is 15.6. The molecule has 1 aromatic carbocycles. The summed E-state index contributed by atoms with van der Waals surface area (Å²) in [5, 5.41) is 19.0. The second-order valence-electron chi connectivity index (χ2n) is 4.80. The first-order valence-electron chi connectivity index (χ1n) is 6.61. The summed E-state index contributed by atoms with van der Waals surface area (Å²) in [5.74, 6) is -1.21. The molecule has 2 rings (SSSR count). The normalized spacial score (nSPS) is 21.5. The summed E-state index contributed by atoms with van der Waals surface area (Å²) in [6.45, 7) is 1.99. The van der Waals surface area contributed by atoms with Crippen molar-refractivity contribution in [1.82, 2.24) is 4.90 Å². The Morgan fingerprint density at radius 1 is 1.48 bits per heavy atom. The van der Waals surface area contributed by atoms with Gasteiger partial charge in [0.1, 0.15) is 11.8 Å². The highest BCUT2D eigenvalue weighted by molar-refractivity contribution is 9.10. The Kier molecular flexibility index (Phi) is 5.16. The Morgan fingerprint density at radius 2 is 2.19 bits per heavy atom. The van der Waals surface area contributed by atoms with Crippen molar-refractivity contribution in [1.29, 1.82) is 0 Å². The average molecular weight is 374 g/mol. The van der Waals surface area contributed by atoms with Crippen molar-refractivity contribution in [3.05, 3.63) is 28.2 Å². The van der Waals surface area contributed by atoms with Crippen molar-refractivity contribution >= 4 is 39.6 Å². The smallest absolute Gasteiger partial charge is 0.327 e. The predicted molar refractivity (Wildman–Crippen MR) is 84.6 cm³/mol. The lowest BCUT2D eigenvalue weighted by atomic mass is 10.1. The second-order valence-corrected chi connectivity index (χ2v) is 6.93. The van der Waals surface area contributed by atoms with Gasteiger partial charge in [0.15, 0.2) is 0 Å². The highest BCUT2D eigenvalue weighted by atomic mass is 79.9. The lowest BCUT2D eigenvalue weighted by Crippen LogP contribution is -2.45. The van der Waals surface area contributed by atoms with Gasteiger partial charge in [-0.1, -0.05) is 29.3 Å². The summed E-state index contributed by atoms with van der Waals surface area (Å²) in [5.41, 5.74) is 0.124. The summed E-state index contributed by atoms with van der Waals surface area (Å²) in [6.07, 6.45) is 1.59. The van der Waals surface area contributed by atoms with E-state index in [9.17, 15) is 19.8 Å². The third-order valence-electron chi connectivity index (χ3n) is 3.34. The zero-order valence-electron chi connectivity index (χ0n) is 11.5. The van der Waals surface area contributed by atoms with E-state index in [2.05, 4.69) is 15.9 Å². The Morgan fingerprint density at radius 3 is 2.81 bits per heavy atom. The van der Waals surface area contributed by atoms with Gasteiger partial charge in [0.2, 0.25) is 0 Å². The fraction of sp³-hybridized carbons (Fsp3) is 0.429. The number of carboxylic acid groups (broad SMARTS) is 1. The molecule has 2 N–H and O–H groups in total. The number of phenolic OH excluding ortho intramolecular Hbond substituents is 1. The van der Waals surface area contributed by atoms with Crippen LogP contribution >= 0.6 is 27.7 Å². The molecule has 1 aliphatic rings. The van der Waals surface area contributed by atoms with Crippen molar-refractivity contribution in [3.63, 3.8) is 0 Å². The van der Waals surface area contributed by atoms with Crippen LogP contribution in [-0.4, -0.2) is 44.2 Å². The van der Waals surface area contributed by atoms with E-state index in [4.69, 9.17) is 0 Å². The molecule has 7 heteroatoms. The molecule has 0 saturated carbocycles. The summed E-state index contributed by atoms with van der Waals surface area (Å²) in [6, 6.07) is 3.72. The van der Waals surface area contributed by atoms with Crippen molar-refractivity contribution in [2.45, 2.75) is 31.2 Å². The number of carbonyl (C=O) groups excluding carboxylic acids is 1. The van der Waals surface area contributed by atoms with Gasteiger partial charge in [0.25, 0.3) is 5.91 Å². The zero-order valence-corrected chi connectivity index (χ0v) is 13.9. The van der Waals surface area contributed by atoms with Gasteiger partial charge < -0.3 is 15.1 Å². The number of halogens is 1. The molecule has 1 amide bonds. The van der Waals surface area contributed by atoms with E-state index in [1.165, 1.54) is 28.8 Å². The first-order valence-corrected chi connectivity index (χ1v) is 8.45. The maximum absolute atomic E-state index is 12.7. The van der Waals surface area contributed by atoms with Crippen LogP contribution in [-0.2, 0) is 4.79 Å². The van der Waals surface area contributed by atoms with E-state index in [-0.39, 0.29) is 16.7 Å². The lowest BCUT2D eigenvalue weighted by molar-refractivity contribution is -0.141. The van der Waals surface area contributed by atoms with Gasteiger partial charge in [-0.05, 0) is 24.6 Å². The molecule has 0 spiro atoms. The standard InChI is InChI=1S/C14H16BrNO4S/c1-2-3-12-16(10(7-21-12)14(19)20)13(18)9-6-8(15)4-5-11(9)17/h4-6,10,12,17H,2-3,7H2,1H3,(H,19,20). The van der Waals surface area contributed by atoms with Crippen LogP contribution in [0.2, 0.25) is 0 Å². The number of rotatable bonds is 4. The number of carbonyl (C=O) groups is 2. The largest absolute Gasteiger partial charge is 0.507 e. The molecular weight excluding hydrogens is 358 g/mol. The Labute approximate surface area is 135 Å². The number of amides is 1. The van der Waals surface area contributed by atoms with Crippen molar-refractivity contribution in [2.75, 3.05) is 5.75 Å². The average Bonchev–Trinajstić information content (AvgIpc) is 2.85. The number of hydrogen-bond acceptors (Lipinski definition) is 4. The summed E-state index contributed by atoms with van der Waals surface area (Å²) in [4.78, 5) is 25.4. The number of nitrogens with zero attached hydrogens (tertiary/aromatic N) is 1. The Hall–Kier alpha value is -1.21. The molecule has 2 unspecified atom stereocenters. The van der Waals surface area contributed by atoms with E-state index in [1.807, 2.05) is 6.92 Å². The van der Waals surface area contributed by atoms with Gasteiger partial charge in [-0.25, -0.2) is 4.79 Å². The second kappa shape index (κ2) is 6.70. The van der Waals surface area contributed by atoms with Gasteiger partial charge in [0, 0.05) is 10.2 Å². The lowest BCUT2D eigenvalue weighted by Gasteiger charge is -2.27. The van der Waals surface area contributed by atoms with Crippen LogP contribution in [0.25, 0.3) is 0 Å². The van der Waals surface area contributed by atoms with Crippen LogP contribution in [0.5, 0.6) is 5.75 Å². The number of aromatic hydroxyl groups is 1. The van der Waals surface area contributed by atoms with Crippen LogP contribution < -0.4 is 0 Å². The minimum atomic E-state index is -1.01. The van der Waals surface area contributed by atoms with Crippen LogP contribution in [0.15, 0.2) is 22.7 Å². The molecule has 2 atom stereocenters. The topological polar surface area (TPSA) is 77.8 Å². The van der Waals surface area contributed by atoms with Gasteiger partial charge in [0.05, 0.1) is 10.9 Å². The molecule has 1 aliphatic heterocycles. The third kappa shape index (κ3) is 3.35. The molecule has 1 aromatic rings. The summed E-state index contributed by atoms with van der Waals surface area (Å²) < 4.78 is 0.661. The maximum Gasteiger partial charge on any atom is 0.327 e. The molecule has 1 saturated heterocycles. The highest BCUT2D eigenvalue weighted by Crippen LogP contribution is 2.35. The van der Waals surface area contributed by atoms with E-state index in [1.54, 1.807) is 6.07 Å². The van der Waals surface area contributed by atoms with E-state index in [0.29, 0.717) is 10.2 Å². The van der Waals surface area contributed by atoms with Crippen LogP contribution in [0.4, 0.5) is 0 Å². The van der Waals surface area contributed by atoms with Crippen molar-refractivity contribution < 1.29 is 19.8 Å². The number of hydrogen-bond donors (Lipinski definition) is 2. The molecule has 0 bridgehead atoms. The van der Waals surface area contributed by atoms with Crippen LogP contribution in [0.1, 0.15) is 30.1 Å². The highest BCUT2D eigenvalue weighted by Gasteiger charge is 2.42. The number of benzene rings is 1. The van der Waals surface area contributed by atoms with E-state index in [0.717, 1.165) is 12.8 Å². The fourth-order valence-corrected chi connectivity index (χ4v) is 4.19. The van der Waals surface area contributed by atoms with Crippen molar-refractivity contribution in [2.24, 2.45) is 0 Å². The first-order chi connectivity index (χ1) is 9.95. The molecular formula is C14H16BrNO4S. The molecule has 0 aliphatic carbocycles. The molecule has 1 fully saturated rings. The monoisotopic (exact) mass is 373 g/mol. The molecule has 1 heterocycles. The Bertz CT molecular complexity index is 566. The van der Waals surface area contributed by atoms with Gasteiger partial charge in [-0.3, -0.25) is 4.79 Å². The molecule has 114 valence electrons. The summed E-state index contributed by atoms with van der Waals surface area (Å²) >= 11 is 4.74. The molecule has 21 heavy (non-hydrogen) atoms. The maximum atomic E-state index is 12.7. The van der Waals surface area contributed by atoms with E-state index < -0.39 is 17.9 Å². The number of thioether (sulfide) groups is 1. The predicted octanol–water partition coefficient (Wildman–Crippen LogP) is 2.92. The molecule has 0 aromatic heterocycles. The molecule has 0 radical (unpaired) electrons. The third-order valence-corrected chi connectivity index (χ3v) is 5.19. The quantitative estimate of drug-likeness (QED) is 0.848. The minimum absolute atomic E-state index is 0.124. The van der Waals surface area contributed by atoms with Gasteiger partial charge in [-0.2, -0.15) is 0 Å².